The van der Waals surface area contributed by atoms with Crippen molar-refractivity contribution in [1.29, 1.82) is 0 Å². The molecule has 0 radical (unpaired) electrons. The molecule has 1 N–H and O–H groups in total. The van der Waals surface area contributed by atoms with E-state index in [2.05, 4.69) is 65.9 Å². The number of rotatable bonds is 7. The number of amides is 1. The summed E-state index contributed by atoms with van der Waals surface area (Å²) in [6.07, 6.45) is 3.45. The normalized spacial score (nSPS) is 11.6. The van der Waals surface area contributed by atoms with Gasteiger partial charge in [0.25, 0.3) is 5.91 Å². The van der Waals surface area contributed by atoms with Crippen molar-refractivity contribution < 1.29 is 4.79 Å². The van der Waals surface area contributed by atoms with Crippen molar-refractivity contribution in [3.8, 4) is 17.1 Å². The van der Waals surface area contributed by atoms with Gasteiger partial charge in [0.1, 0.15) is 0 Å². The minimum absolute atomic E-state index is 0.135. The van der Waals surface area contributed by atoms with Gasteiger partial charge in [-0.1, -0.05) is 64.1 Å². The van der Waals surface area contributed by atoms with Gasteiger partial charge in [-0.25, -0.2) is 5.43 Å². The van der Waals surface area contributed by atoms with E-state index in [9.17, 15) is 4.79 Å². The lowest BCUT2D eigenvalue weighted by molar-refractivity contribution is -0.118. The van der Waals surface area contributed by atoms with Gasteiger partial charge in [0.15, 0.2) is 11.0 Å². The van der Waals surface area contributed by atoms with Crippen LogP contribution in [0.2, 0.25) is 0 Å². The van der Waals surface area contributed by atoms with E-state index in [0.29, 0.717) is 11.0 Å². The van der Waals surface area contributed by atoms with E-state index in [0.717, 1.165) is 37.8 Å². The summed E-state index contributed by atoms with van der Waals surface area (Å²) in [7, 11) is 0. The fourth-order valence-electron chi connectivity index (χ4n) is 3.66. The van der Waals surface area contributed by atoms with Gasteiger partial charge in [0.05, 0.1) is 11.5 Å². The molecular formula is C27H21BrN6OS. The summed E-state index contributed by atoms with van der Waals surface area (Å²) < 4.78 is 2.89. The maximum absolute atomic E-state index is 12.6. The van der Waals surface area contributed by atoms with Crippen LogP contribution in [-0.2, 0) is 4.79 Å². The topological polar surface area (TPSA) is 85.1 Å². The third kappa shape index (κ3) is 5.37. The van der Waals surface area contributed by atoms with E-state index in [1.165, 1.54) is 11.8 Å². The summed E-state index contributed by atoms with van der Waals surface area (Å²) in [5, 5.41) is 15.9. The summed E-state index contributed by atoms with van der Waals surface area (Å²) in [5.41, 5.74) is 6.07. The molecule has 0 saturated heterocycles. The Kier molecular flexibility index (Phi) is 7.20. The Morgan fingerprint density at radius 2 is 1.81 bits per heavy atom. The van der Waals surface area contributed by atoms with Crippen molar-refractivity contribution >= 4 is 50.1 Å². The second-order valence-corrected chi connectivity index (χ2v) is 9.80. The van der Waals surface area contributed by atoms with Crippen LogP contribution in [0.3, 0.4) is 0 Å². The van der Waals surface area contributed by atoms with E-state index in [1.807, 2.05) is 66.1 Å². The lowest BCUT2D eigenvalue weighted by Gasteiger charge is -2.10. The maximum Gasteiger partial charge on any atom is 0.250 e. The van der Waals surface area contributed by atoms with Crippen LogP contribution in [0.15, 0.2) is 106 Å². The molecule has 0 bridgehead atoms. The molecule has 0 aliphatic carbocycles. The molecule has 5 rings (SSSR count). The summed E-state index contributed by atoms with van der Waals surface area (Å²) in [5.74, 6) is 0.558. The predicted molar refractivity (Wildman–Crippen MR) is 147 cm³/mol. The molecule has 2 heterocycles. The maximum atomic E-state index is 12.6. The van der Waals surface area contributed by atoms with Gasteiger partial charge in [0.2, 0.25) is 0 Å². The number of hydrogen-bond donors (Lipinski definition) is 1. The average Bonchev–Trinajstić information content (AvgIpc) is 3.35. The van der Waals surface area contributed by atoms with E-state index >= 15 is 0 Å². The number of benzene rings is 3. The molecule has 0 atom stereocenters. The highest BCUT2D eigenvalue weighted by Crippen LogP contribution is 2.28. The first-order valence-electron chi connectivity index (χ1n) is 11.2. The van der Waals surface area contributed by atoms with Crippen LogP contribution in [0.1, 0.15) is 12.5 Å². The molecule has 0 spiro atoms. The molecule has 2 aromatic heterocycles. The number of aromatic nitrogens is 4. The molecule has 0 unspecified atom stereocenters. The molecule has 178 valence electrons. The highest BCUT2D eigenvalue weighted by Gasteiger charge is 2.17. The molecule has 5 aromatic rings. The molecule has 9 heteroatoms. The standard InChI is InChI=1S/C27H21BrN6OS/c1-18(20-9-8-19-5-2-3-6-21(19)15-20)30-31-25(35)17-36-27-33-32-26(22-7-4-14-29-16-22)34(27)24-12-10-23(28)11-13-24/h2-16H,17H2,1H3,(H,31,35). The zero-order valence-corrected chi connectivity index (χ0v) is 21.7. The SMILES string of the molecule is CC(=NNC(=O)CSc1nnc(-c2cccnc2)n1-c1ccc(Br)cc1)c1ccc2ccccc2c1. The van der Waals surface area contributed by atoms with Crippen LogP contribution in [0.5, 0.6) is 0 Å². The molecular weight excluding hydrogens is 536 g/mol. The summed E-state index contributed by atoms with van der Waals surface area (Å²) in [4.78, 5) is 16.8. The van der Waals surface area contributed by atoms with Gasteiger partial charge < -0.3 is 0 Å². The van der Waals surface area contributed by atoms with Gasteiger partial charge >= 0.3 is 0 Å². The fraction of sp³-hybridized carbons (Fsp3) is 0.0741. The zero-order valence-electron chi connectivity index (χ0n) is 19.3. The van der Waals surface area contributed by atoms with Crippen molar-refractivity contribution in [2.24, 2.45) is 5.10 Å². The van der Waals surface area contributed by atoms with Crippen LogP contribution in [0, 0.1) is 0 Å². The Hall–Kier alpha value is -3.82. The van der Waals surface area contributed by atoms with Gasteiger partial charge in [0, 0.05) is 28.1 Å². The number of thioether (sulfide) groups is 1. The lowest BCUT2D eigenvalue weighted by Crippen LogP contribution is -2.21. The van der Waals surface area contributed by atoms with Crippen LogP contribution in [0.4, 0.5) is 0 Å². The summed E-state index contributed by atoms with van der Waals surface area (Å²) in [6, 6.07) is 25.9. The Balaban J connectivity index is 1.32. The van der Waals surface area contributed by atoms with Crippen LogP contribution >= 0.6 is 27.7 Å². The van der Waals surface area contributed by atoms with E-state index in [-0.39, 0.29) is 11.7 Å². The number of hydrazone groups is 1. The Morgan fingerprint density at radius 1 is 1.00 bits per heavy atom. The van der Waals surface area contributed by atoms with Crippen molar-refractivity contribution in [2.45, 2.75) is 12.1 Å². The monoisotopic (exact) mass is 556 g/mol. The second kappa shape index (κ2) is 10.8. The minimum atomic E-state index is -0.228. The van der Waals surface area contributed by atoms with Gasteiger partial charge in [-0.2, -0.15) is 5.10 Å². The predicted octanol–water partition coefficient (Wildman–Crippen LogP) is 5.88. The van der Waals surface area contributed by atoms with E-state index in [4.69, 9.17) is 0 Å². The molecule has 0 aliphatic heterocycles. The quantitative estimate of drug-likeness (QED) is 0.154. The Morgan fingerprint density at radius 3 is 2.58 bits per heavy atom. The van der Waals surface area contributed by atoms with Crippen molar-refractivity contribution in [3.05, 3.63) is 101 Å². The van der Waals surface area contributed by atoms with Gasteiger partial charge in [-0.15, -0.1) is 10.2 Å². The van der Waals surface area contributed by atoms with Gasteiger partial charge in [-0.05, 0) is 65.7 Å². The highest BCUT2D eigenvalue weighted by molar-refractivity contribution is 9.10. The Bertz CT molecular complexity index is 1550. The number of halogens is 1. The van der Waals surface area contributed by atoms with Crippen LogP contribution in [0.25, 0.3) is 27.8 Å². The molecule has 3 aromatic carbocycles. The third-order valence-electron chi connectivity index (χ3n) is 5.49. The van der Waals surface area contributed by atoms with E-state index in [1.54, 1.807) is 12.4 Å². The average molecular weight is 557 g/mol. The highest BCUT2D eigenvalue weighted by atomic mass is 79.9. The second-order valence-electron chi connectivity index (χ2n) is 7.94. The van der Waals surface area contributed by atoms with Crippen LogP contribution < -0.4 is 5.43 Å². The smallest absolute Gasteiger partial charge is 0.250 e. The number of pyridine rings is 1. The first-order valence-corrected chi connectivity index (χ1v) is 12.9. The molecule has 1 amide bonds. The molecule has 36 heavy (non-hydrogen) atoms. The first-order chi connectivity index (χ1) is 17.6. The van der Waals surface area contributed by atoms with E-state index < -0.39 is 0 Å². The number of carbonyl (C=O) groups is 1. The van der Waals surface area contributed by atoms with Gasteiger partial charge in [-0.3, -0.25) is 14.3 Å². The number of hydrogen-bond acceptors (Lipinski definition) is 6. The molecule has 0 aliphatic rings. The number of carbonyl (C=O) groups excluding carboxylic acids is 1. The largest absolute Gasteiger partial charge is 0.272 e. The fourth-order valence-corrected chi connectivity index (χ4v) is 4.66. The van der Waals surface area contributed by atoms with Crippen molar-refractivity contribution in [1.82, 2.24) is 25.2 Å². The number of fused-ring (bicyclic) bond motifs is 1. The number of nitrogens with zero attached hydrogens (tertiary/aromatic N) is 5. The Labute approximate surface area is 220 Å². The zero-order chi connectivity index (χ0) is 24.9. The minimum Gasteiger partial charge on any atom is -0.272 e. The summed E-state index contributed by atoms with van der Waals surface area (Å²) in [6.45, 7) is 1.88. The number of nitrogens with one attached hydrogen (secondary N) is 1. The third-order valence-corrected chi connectivity index (χ3v) is 6.94. The van der Waals surface area contributed by atoms with Crippen LogP contribution in [-0.4, -0.2) is 37.1 Å². The summed E-state index contributed by atoms with van der Waals surface area (Å²) >= 11 is 4.77. The lowest BCUT2D eigenvalue weighted by atomic mass is 10.0. The van der Waals surface area contributed by atoms with Crippen molar-refractivity contribution in [3.63, 3.8) is 0 Å². The van der Waals surface area contributed by atoms with Crippen molar-refractivity contribution in [2.75, 3.05) is 5.75 Å². The molecule has 0 fully saturated rings. The first kappa shape index (κ1) is 23.9. The molecule has 0 saturated carbocycles. The molecule has 7 nitrogen and oxygen atoms in total.